The Kier molecular flexibility index (Phi) is 4.17. The normalized spacial score (nSPS) is 21.8. The molecule has 128 valence electrons. The number of oxazole rings is 1. The van der Waals surface area contributed by atoms with Gasteiger partial charge in [-0.05, 0) is 43.7 Å². The standard InChI is InChI=1S/C19H24N2O3/c22-18(20-12-5-9-15(20)14-6-1-2-7-14)11-13-21-16-8-3-4-10-17(16)24-19(21)23/h3-4,8,10,14-15H,1-2,5-7,9,11-13H2/t15-/m0/s1. The van der Waals surface area contributed by atoms with Crippen molar-refractivity contribution < 1.29 is 9.21 Å². The summed E-state index contributed by atoms with van der Waals surface area (Å²) in [4.78, 5) is 26.8. The minimum atomic E-state index is -0.377. The summed E-state index contributed by atoms with van der Waals surface area (Å²) in [5.74, 6) is 0.494. The number of hydrogen-bond donors (Lipinski definition) is 0. The summed E-state index contributed by atoms with van der Waals surface area (Å²) in [6.45, 7) is 1.27. The predicted molar refractivity (Wildman–Crippen MR) is 91.8 cm³/mol. The SMILES string of the molecule is O=C(CCn1c(=O)oc2ccccc21)N1CCC[C@H]1C1CCCC1. The number of benzene rings is 1. The number of likely N-dealkylation sites (tertiary alicyclic amines) is 1. The Balaban J connectivity index is 1.46. The topological polar surface area (TPSA) is 55.5 Å². The second kappa shape index (κ2) is 6.46. The van der Waals surface area contributed by atoms with Crippen LogP contribution in [0.1, 0.15) is 44.9 Å². The summed E-state index contributed by atoms with van der Waals surface area (Å²) in [5.41, 5.74) is 1.35. The van der Waals surface area contributed by atoms with Crippen LogP contribution in [0.2, 0.25) is 0 Å². The first-order valence-corrected chi connectivity index (χ1v) is 9.12. The van der Waals surface area contributed by atoms with Crippen LogP contribution in [0.15, 0.2) is 33.5 Å². The van der Waals surface area contributed by atoms with E-state index in [0.717, 1.165) is 24.9 Å². The molecule has 2 aromatic rings. The summed E-state index contributed by atoms with van der Waals surface area (Å²) < 4.78 is 6.82. The summed E-state index contributed by atoms with van der Waals surface area (Å²) in [6.07, 6.45) is 7.76. The quantitative estimate of drug-likeness (QED) is 0.866. The van der Waals surface area contributed by atoms with Gasteiger partial charge in [-0.2, -0.15) is 0 Å². The molecule has 0 N–H and O–H groups in total. The smallest absolute Gasteiger partial charge is 0.408 e. The Labute approximate surface area is 141 Å². The van der Waals surface area contributed by atoms with Crippen molar-refractivity contribution >= 4 is 17.0 Å². The van der Waals surface area contributed by atoms with Gasteiger partial charge in [0.2, 0.25) is 5.91 Å². The molecule has 1 atom stereocenters. The van der Waals surface area contributed by atoms with Crippen LogP contribution in [0, 0.1) is 5.92 Å². The number of rotatable bonds is 4. The van der Waals surface area contributed by atoms with Crippen LogP contribution in [0.25, 0.3) is 11.1 Å². The van der Waals surface area contributed by atoms with Crippen molar-refractivity contribution in [2.75, 3.05) is 6.54 Å². The lowest BCUT2D eigenvalue weighted by atomic mass is 9.96. The van der Waals surface area contributed by atoms with E-state index in [2.05, 4.69) is 4.90 Å². The fraction of sp³-hybridized carbons (Fsp3) is 0.579. The molecule has 2 fully saturated rings. The Morgan fingerprint density at radius 2 is 1.92 bits per heavy atom. The molecular formula is C19H24N2O3. The molecule has 4 rings (SSSR count). The van der Waals surface area contributed by atoms with Crippen LogP contribution in [-0.2, 0) is 11.3 Å². The molecule has 1 saturated heterocycles. The third-order valence-electron chi connectivity index (χ3n) is 5.69. The molecule has 1 amide bonds. The minimum absolute atomic E-state index is 0.182. The maximum Gasteiger partial charge on any atom is 0.419 e. The largest absolute Gasteiger partial charge is 0.419 e. The van der Waals surface area contributed by atoms with Gasteiger partial charge in [-0.3, -0.25) is 9.36 Å². The molecule has 5 heteroatoms. The molecule has 1 saturated carbocycles. The van der Waals surface area contributed by atoms with Gasteiger partial charge in [0.15, 0.2) is 5.58 Å². The average molecular weight is 328 g/mol. The number of carbonyl (C=O) groups is 1. The van der Waals surface area contributed by atoms with Crippen LogP contribution in [0.4, 0.5) is 0 Å². The van der Waals surface area contributed by atoms with Gasteiger partial charge >= 0.3 is 5.76 Å². The first-order chi connectivity index (χ1) is 11.7. The van der Waals surface area contributed by atoms with Crippen molar-refractivity contribution in [1.29, 1.82) is 0 Å². The number of carbonyl (C=O) groups excluding carboxylic acids is 1. The van der Waals surface area contributed by atoms with E-state index in [1.54, 1.807) is 10.6 Å². The van der Waals surface area contributed by atoms with Gasteiger partial charge in [0, 0.05) is 25.6 Å². The summed E-state index contributed by atoms with van der Waals surface area (Å²) in [5, 5.41) is 0. The van der Waals surface area contributed by atoms with Crippen LogP contribution in [0.3, 0.4) is 0 Å². The summed E-state index contributed by atoms with van der Waals surface area (Å²) in [6, 6.07) is 7.80. The molecule has 0 unspecified atom stereocenters. The van der Waals surface area contributed by atoms with E-state index >= 15 is 0 Å². The highest BCUT2D eigenvalue weighted by Gasteiger charge is 2.35. The van der Waals surface area contributed by atoms with Gasteiger partial charge < -0.3 is 9.32 Å². The fourth-order valence-corrected chi connectivity index (χ4v) is 4.51. The molecular weight excluding hydrogens is 304 g/mol. The Bertz CT molecular complexity index is 785. The number of nitrogens with zero attached hydrogens (tertiary/aromatic N) is 2. The zero-order valence-corrected chi connectivity index (χ0v) is 13.9. The van der Waals surface area contributed by atoms with E-state index in [0.29, 0.717) is 30.5 Å². The van der Waals surface area contributed by atoms with Gasteiger partial charge in [0.1, 0.15) is 0 Å². The highest BCUT2D eigenvalue weighted by molar-refractivity contribution is 5.77. The Morgan fingerprint density at radius 1 is 1.12 bits per heavy atom. The first-order valence-electron chi connectivity index (χ1n) is 9.12. The molecule has 0 radical (unpaired) electrons. The lowest BCUT2D eigenvalue weighted by molar-refractivity contribution is -0.133. The highest BCUT2D eigenvalue weighted by Crippen LogP contribution is 2.35. The van der Waals surface area contributed by atoms with Gasteiger partial charge in [-0.15, -0.1) is 0 Å². The molecule has 1 aromatic heterocycles. The number of aromatic nitrogens is 1. The van der Waals surface area contributed by atoms with Crippen molar-refractivity contribution in [3.63, 3.8) is 0 Å². The van der Waals surface area contributed by atoms with Crippen molar-refractivity contribution in [2.45, 2.75) is 57.5 Å². The first kappa shape index (κ1) is 15.5. The monoisotopic (exact) mass is 328 g/mol. The van der Waals surface area contributed by atoms with Gasteiger partial charge in [0.05, 0.1) is 5.52 Å². The van der Waals surface area contributed by atoms with Crippen molar-refractivity contribution in [3.8, 4) is 0 Å². The molecule has 0 bridgehead atoms. The van der Waals surface area contributed by atoms with Gasteiger partial charge in [0.25, 0.3) is 0 Å². The number of fused-ring (bicyclic) bond motifs is 1. The second-order valence-corrected chi connectivity index (χ2v) is 7.08. The van der Waals surface area contributed by atoms with Crippen LogP contribution in [-0.4, -0.2) is 28.0 Å². The molecule has 2 heterocycles. The lowest BCUT2D eigenvalue weighted by Gasteiger charge is -2.29. The van der Waals surface area contributed by atoms with E-state index in [9.17, 15) is 9.59 Å². The number of aryl methyl sites for hydroxylation is 1. The van der Waals surface area contributed by atoms with Gasteiger partial charge in [-0.25, -0.2) is 4.79 Å². The molecule has 24 heavy (non-hydrogen) atoms. The van der Waals surface area contributed by atoms with Crippen molar-refractivity contribution in [3.05, 3.63) is 34.8 Å². The predicted octanol–water partition coefficient (Wildman–Crippen LogP) is 3.17. The Hall–Kier alpha value is -2.04. The van der Waals surface area contributed by atoms with E-state index in [4.69, 9.17) is 4.42 Å². The summed E-state index contributed by atoms with van der Waals surface area (Å²) >= 11 is 0. The third-order valence-corrected chi connectivity index (χ3v) is 5.69. The maximum atomic E-state index is 12.7. The highest BCUT2D eigenvalue weighted by atomic mass is 16.4. The van der Waals surface area contributed by atoms with E-state index in [1.165, 1.54) is 25.7 Å². The molecule has 2 aliphatic rings. The van der Waals surface area contributed by atoms with Crippen LogP contribution >= 0.6 is 0 Å². The fourth-order valence-electron chi connectivity index (χ4n) is 4.51. The average Bonchev–Trinajstić information content (AvgIpc) is 3.31. The maximum absolute atomic E-state index is 12.7. The van der Waals surface area contributed by atoms with E-state index in [-0.39, 0.29) is 11.7 Å². The number of amides is 1. The molecule has 5 nitrogen and oxygen atoms in total. The number of hydrogen-bond acceptors (Lipinski definition) is 3. The van der Waals surface area contributed by atoms with Crippen LogP contribution < -0.4 is 5.76 Å². The zero-order chi connectivity index (χ0) is 16.5. The lowest BCUT2D eigenvalue weighted by Crippen LogP contribution is -2.40. The third kappa shape index (κ3) is 2.76. The van der Waals surface area contributed by atoms with Crippen molar-refractivity contribution in [1.82, 2.24) is 9.47 Å². The second-order valence-electron chi connectivity index (χ2n) is 7.08. The molecule has 1 aliphatic heterocycles. The minimum Gasteiger partial charge on any atom is -0.408 e. The zero-order valence-electron chi connectivity index (χ0n) is 13.9. The van der Waals surface area contributed by atoms with Gasteiger partial charge in [-0.1, -0.05) is 25.0 Å². The molecule has 1 aromatic carbocycles. The van der Waals surface area contributed by atoms with E-state index < -0.39 is 0 Å². The Morgan fingerprint density at radius 3 is 2.75 bits per heavy atom. The molecule has 0 spiro atoms. The van der Waals surface area contributed by atoms with Crippen LogP contribution in [0.5, 0.6) is 0 Å². The molecule has 1 aliphatic carbocycles. The summed E-state index contributed by atoms with van der Waals surface area (Å²) in [7, 11) is 0. The van der Waals surface area contributed by atoms with E-state index in [1.807, 2.05) is 18.2 Å². The van der Waals surface area contributed by atoms with Crippen molar-refractivity contribution in [2.24, 2.45) is 5.92 Å². The number of para-hydroxylation sites is 2.